The van der Waals surface area contributed by atoms with Gasteiger partial charge in [0.1, 0.15) is 0 Å². The first-order chi connectivity index (χ1) is 27.8. The highest BCUT2D eigenvalue weighted by Crippen LogP contribution is 2.41. The summed E-state index contributed by atoms with van der Waals surface area (Å²) in [5.41, 5.74) is 10.4. The van der Waals surface area contributed by atoms with E-state index in [-0.39, 0.29) is 0 Å². The summed E-state index contributed by atoms with van der Waals surface area (Å²) in [7, 11) is 0. The van der Waals surface area contributed by atoms with Gasteiger partial charge in [0, 0.05) is 71.2 Å². The zero-order valence-electron chi connectivity index (χ0n) is 30.0. The van der Waals surface area contributed by atoms with Crippen molar-refractivity contribution < 1.29 is 0 Å². The van der Waals surface area contributed by atoms with Gasteiger partial charge in [0.2, 0.25) is 0 Å². The zero-order valence-corrected chi connectivity index (χ0v) is 30.9. The second kappa shape index (κ2) is 13.2. The lowest BCUT2D eigenvalue weighted by Gasteiger charge is -2.16. The smallest absolute Gasteiger partial charge is 0.164 e. The first-order valence-electron chi connectivity index (χ1n) is 18.6. The quantitative estimate of drug-likeness (QED) is 0.171. The van der Waals surface area contributed by atoms with Gasteiger partial charge >= 0.3 is 0 Å². The molecule has 0 bridgehead atoms. The van der Waals surface area contributed by atoms with Crippen molar-refractivity contribution in [3.05, 3.63) is 188 Å². The van der Waals surface area contributed by atoms with Crippen molar-refractivity contribution in [2.24, 2.45) is 0 Å². The molecule has 0 aliphatic heterocycles. The molecular weight excluding hydrogens is 703 g/mol. The van der Waals surface area contributed by atoms with Gasteiger partial charge in [-0.05, 0) is 47.5 Å². The molecule has 0 saturated carbocycles. The van der Waals surface area contributed by atoms with Crippen LogP contribution in [0.3, 0.4) is 0 Å². The summed E-state index contributed by atoms with van der Waals surface area (Å²) >= 11 is 1.84. The van der Waals surface area contributed by atoms with E-state index in [0.717, 1.165) is 50.1 Å². The fourth-order valence-corrected chi connectivity index (χ4v) is 9.19. The summed E-state index contributed by atoms with van der Waals surface area (Å²) in [6, 6.07) is 61.8. The molecule has 4 heterocycles. The number of thiophene rings is 1. The predicted molar refractivity (Wildman–Crippen MR) is 232 cm³/mol. The number of benzene rings is 7. The molecule has 0 spiro atoms. The summed E-state index contributed by atoms with van der Waals surface area (Å²) in [6.45, 7) is 0. The lowest BCUT2D eigenvalue weighted by molar-refractivity contribution is 1.07. The molecule has 11 rings (SSSR count). The van der Waals surface area contributed by atoms with E-state index in [9.17, 15) is 0 Å². The Morgan fingerprint density at radius 1 is 0.393 bits per heavy atom. The number of rotatable bonds is 6. The molecule has 0 aliphatic rings. The van der Waals surface area contributed by atoms with Gasteiger partial charge in [-0.2, -0.15) is 0 Å². The number of aromatic nitrogens is 5. The van der Waals surface area contributed by atoms with Crippen LogP contribution in [-0.2, 0) is 0 Å². The SMILES string of the molecule is c1ccc(-c2nc(-c3cccc(-c4cccc5c4sc4ccccc45)c3)nc(-c3ccc(-c4cccnc4)c(-n4c5ccccc5c5ccccc54)c3)n2)cc1. The van der Waals surface area contributed by atoms with Crippen LogP contribution < -0.4 is 0 Å². The zero-order chi connectivity index (χ0) is 37.0. The minimum absolute atomic E-state index is 0.602. The molecule has 0 atom stereocenters. The van der Waals surface area contributed by atoms with Gasteiger partial charge in [-0.25, -0.2) is 15.0 Å². The van der Waals surface area contributed by atoms with Crippen LogP contribution in [0, 0.1) is 0 Å². The number of fused-ring (bicyclic) bond motifs is 6. The molecule has 4 aromatic heterocycles. The molecule has 6 heteroatoms. The Labute approximate surface area is 326 Å². The van der Waals surface area contributed by atoms with E-state index in [1.54, 1.807) is 0 Å². The lowest BCUT2D eigenvalue weighted by atomic mass is 10.0. The maximum atomic E-state index is 5.24. The fourth-order valence-electron chi connectivity index (χ4n) is 7.95. The minimum Gasteiger partial charge on any atom is -0.309 e. The van der Waals surface area contributed by atoms with Crippen LogP contribution in [0.15, 0.2) is 188 Å². The highest BCUT2D eigenvalue weighted by atomic mass is 32.1. The van der Waals surface area contributed by atoms with E-state index in [2.05, 4.69) is 161 Å². The molecule has 56 heavy (non-hydrogen) atoms. The Hall–Kier alpha value is -7.28. The topological polar surface area (TPSA) is 56.5 Å². The molecule has 0 radical (unpaired) electrons. The molecule has 0 saturated heterocycles. The van der Waals surface area contributed by atoms with Gasteiger partial charge in [-0.3, -0.25) is 4.98 Å². The summed E-state index contributed by atoms with van der Waals surface area (Å²) in [5, 5.41) is 4.96. The van der Waals surface area contributed by atoms with E-state index in [4.69, 9.17) is 15.0 Å². The minimum atomic E-state index is 0.602. The Morgan fingerprint density at radius 3 is 1.73 bits per heavy atom. The van der Waals surface area contributed by atoms with E-state index in [1.165, 1.54) is 36.5 Å². The van der Waals surface area contributed by atoms with Gasteiger partial charge in [0.25, 0.3) is 0 Å². The first-order valence-corrected chi connectivity index (χ1v) is 19.4. The van der Waals surface area contributed by atoms with Crippen molar-refractivity contribution >= 4 is 53.3 Å². The number of hydrogen-bond donors (Lipinski definition) is 0. The summed E-state index contributed by atoms with van der Waals surface area (Å²) in [4.78, 5) is 20.0. The van der Waals surface area contributed by atoms with Gasteiger partial charge in [0.15, 0.2) is 17.5 Å². The molecule has 0 amide bonds. The molecule has 5 nitrogen and oxygen atoms in total. The van der Waals surface area contributed by atoms with Crippen molar-refractivity contribution in [1.29, 1.82) is 0 Å². The van der Waals surface area contributed by atoms with Crippen LogP contribution >= 0.6 is 11.3 Å². The lowest BCUT2D eigenvalue weighted by Crippen LogP contribution is -2.02. The third kappa shape index (κ3) is 5.38. The fraction of sp³-hybridized carbons (Fsp3) is 0. The van der Waals surface area contributed by atoms with Crippen LogP contribution in [0.1, 0.15) is 0 Å². The Balaban J connectivity index is 1.12. The molecule has 11 aromatic rings. The van der Waals surface area contributed by atoms with Crippen molar-refractivity contribution in [2.75, 3.05) is 0 Å². The Kier molecular flexibility index (Phi) is 7.60. The van der Waals surface area contributed by atoms with Gasteiger partial charge < -0.3 is 4.57 Å². The first kappa shape index (κ1) is 32.2. The van der Waals surface area contributed by atoms with Crippen molar-refractivity contribution in [3.8, 4) is 62.1 Å². The van der Waals surface area contributed by atoms with Crippen LogP contribution in [0.4, 0.5) is 0 Å². The molecule has 0 fully saturated rings. The predicted octanol–water partition coefficient (Wildman–Crippen LogP) is 13.1. The van der Waals surface area contributed by atoms with E-state index < -0.39 is 0 Å². The monoisotopic (exact) mass is 733 g/mol. The number of hydrogen-bond acceptors (Lipinski definition) is 5. The maximum absolute atomic E-state index is 5.24. The van der Waals surface area contributed by atoms with Crippen LogP contribution in [0.25, 0.3) is 104 Å². The molecule has 7 aromatic carbocycles. The average molecular weight is 734 g/mol. The van der Waals surface area contributed by atoms with E-state index >= 15 is 0 Å². The summed E-state index contributed by atoms with van der Waals surface area (Å²) < 4.78 is 4.92. The second-order valence-corrected chi connectivity index (χ2v) is 14.9. The molecule has 262 valence electrons. The van der Waals surface area contributed by atoms with Crippen molar-refractivity contribution in [2.45, 2.75) is 0 Å². The molecule has 0 unspecified atom stereocenters. The highest BCUT2D eigenvalue weighted by Gasteiger charge is 2.19. The van der Waals surface area contributed by atoms with Crippen LogP contribution in [0.5, 0.6) is 0 Å². The molecular formula is C50H31N5S. The van der Waals surface area contributed by atoms with Gasteiger partial charge in [-0.15, -0.1) is 11.3 Å². The standard InChI is InChI=1S/C50H31N5S/c1-2-13-32(14-3-1)48-52-49(34-16-10-15-33(29-34)38-21-11-22-42-41-20-6-9-25-46(41)56-47(38)42)54-50(53-48)35-26-27-37(36-17-12-28-51-31-36)45(30-35)55-43-23-7-4-18-39(43)40-19-5-8-24-44(40)55/h1-31H. The third-order valence-electron chi connectivity index (χ3n) is 10.6. The Bertz CT molecular complexity index is 3200. The highest BCUT2D eigenvalue weighted by molar-refractivity contribution is 7.26. The van der Waals surface area contributed by atoms with Crippen molar-refractivity contribution in [3.63, 3.8) is 0 Å². The second-order valence-electron chi connectivity index (χ2n) is 13.9. The van der Waals surface area contributed by atoms with Gasteiger partial charge in [0.05, 0.1) is 16.7 Å². The summed E-state index contributed by atoms with van der Waals surface area (Å²) in [5.74, 6) is 1.84. The van der Waals surface area contributed by atoms with Crippen LogP contribution in [0.2, 0.25) is 0 Å². The van der Waals surface area contributed by atoms with E-state index in [1.807, 2.05) is 48.0 Å². The van der Waals surface area contributed by atoms with E-state index in [0.29, 0.717) is 17.5 Å². The normalized spacial score (nSPS) is 11.6. The maximum Gasteiger partial charge on any atom is 0.164 e. The van der Waals surface area contributed by atoms with Crippen LogP contribution in [-0.4, -0.2) is 24.5 Å². The third-order valence-corrected chi connectivity index (χ3v) is 11.8. The summed E-state index contributed by atoms with van der Waals surface area (Å²) in [6.07, 6.45) is 3.74. The van der Waals surface area contributed by atoms with Gasteiger partial charge in [-0.1, -0.05) is 140 Å². The number of nitrogens with zero attached hydrogens (tertiary/aromatic N) is 5. The number of para-hydroxylation sites is 2. The largest absolute Gasteiger partial charge is 0.309 e. The number of pyridine rings is 1. The molecule has 0 aliphatic carbocycles. The Morgan fingerprint density at radius 2 is 0.982 bits per heavy atom. The van der Waals surface area contributed by atoms with Crippen molar-refractivity contribution in [1.82, 2.24) is 24.5 Å². The average Bonchev–Trinajstić information content (AvgIpc) is 3.83. The molecule has 0 N–H and O–H groups in total.